The van der Waals surface area contributed by atoms with Crippen molar-refractivity contribution >= 4 is 17.7 Å². The second kappa shape index (κ2) is 7.68. The van der Waals surface area contributed by atoms with Crippen LogP contribution in [0.25, 0.3) is 0 Å². The van der Waals surface area contributed by atoms with E-state index in [2.05, 4.69) is 10.6 Å². The van der Waals surface area contributed by atoms with Gasteiger partial charge in [0.25, 0.3) is 0 Å². The molecule has 0 aliphatic rings. The van der Waals surface area contributed by atoms with Gasteiger partial charge in [-0.1, -0.05) is 30.3 Å². The summed E-state index contributed by atoms with van der Waals surface area (Å²) in [6.45, 7) is -0.0548. The second-order valence-electron chi connectivity index (χ2n) is 4.51. The quantitative estimate of drug-likeness (QED) is 0.739. The van der Waals surface area contributed by atoms with Gasteiger partial charge in [0.1, 0.15) is 18.9 Å². The van der Waals surface area contributed by atoms with Gasteiger partial charge in [-0.15, -0.1) is 0 Å². The number of anilines is 1. The van der Waals surface area contributed by atoms with Crippen LogP contribution in [0.2, 0.25) is 0 Å². The predicted octanol–water partition coefficient (Wildman–Crippen LogP) is 2.26. The molecular weight excluding hydrogens is 284 g/mol. The van der Waals surface area contributed by atoms with Crippen LogP contribution < -0.4 is 10.6 Å². The van der Waals surface area contributed by atoms with Crippen LogP contribution >= 0.6 is 0 Å². The summed E-state index contributed by atoms with van der Waals surface area (Å²) in [5.74, 6) is -0.275. The molecule has 0 atom stereocenters. The van der Waals surface area contributed by atoms with Crippen molar-refractivity contribution in [1.82, 2.24) is 5.32 Å². The third kappa shape index (κ3) is 5.16. The highest BCUT2D eigenvalue weighted by Crippen LogP contribution is 2.13. The molecule has 0 spiro atoms. The van der Waals surface area contributed by atoms with Crippen LogP contribution in [0.5, 0.6) is 5.75 Å². The number of amides is 2. The second-order valence-corrected chi connectivity index (χ2v) is 4.51. The van der Waals surface area contributed by atoms with E-state index < -0.39 is 6.09 Å². The van der Waals surface area contributed by atoms with Gasteiger partial charge < -0.3 is 20.5 Å². The maximum absolute atomic E-state index is 11.6. The van der Waals surface area contributed by atoms with Crippen molar-refractivity contribution in [1.29, 1.82) is 0 Å². The molecular formula is C16H16N2O4. The van der Waals surface area contributed by atoms with Crippen molar-refractivity contribution in [3.05, 3.63) is 60.2 Å². The topological polar surface area (TPSA) is 87.7 Å². The molecule has 6 nitrogen and oxygen atoms in total. The average Bonchev–Trinajstić information content (AvgIpc) is 2.54. The van der Waals surface area contributed by atoms with Crippen LogP contribution in [0.15, 0.2) is 54.6 Å². The molecule has 0 heterocycles. The third-order valence-electron chi connectivity index (χ3n) is 2.76. The maximum Gasteiger partial charge on any atom is 0.407 e. The van der Waals surface area contributed by atoms with Crippen molar-refractivity contribution in [2.75, 3.05) is 11.9 Å². The van der Waals surface area contributed by atoms with E-state index in [9.17, 15) is 9.59 Å². The fourth-order valence-corrected chi connectivity index (χ4v) is 1.68. The number of ether oxygens (including phenoxy) is 1. The lowest BCUT2D eigenvalue weighted by atomic mass is 10.2. The zero-order valence-electron chi connectivity index (χ0n) is 11.8. The van der Waals surface area contributed by atoms with Crippen molar-refractivity contribution in [2.24, 2.45) is 0 Å². The molecule has 0 unspecified atom stereocenters. The van der Waals surface area contributed by atoms with E-state index in [1.165, 1.54) is 12.1 Å². The Morgan fingerprint density at radius 1 is 1.00 bits per heavy atom. The summed E-state index contributed by atoms with van der Waals surface area (Å²) in [5, 5.41) is 14.1. The highest BCUT2D eigenvalue weighted by Gasteiger charge is 2.07. The standard InChI is InChI=1S/C16H16N2O4/c19-14-8-6-13(7-9-14)18-15(20)10-17-16(21)22-11-12-4-2-1-3-5-12/h1-9,19H,10-11H2,(H,17,21)(H,18,20). The van der Waals surface area contributed by atoms with Crippen LogP contribution in [0.3, 0.4) is 0 Å². The molecule has 0 saturated heterocycles. The van der Waals surface area contributed by atoms with E-state index >= 15 is 0 Å². The molecule has 2 rings (SSSR count). The van der Waals surface area contributed by atoms with E-state index in [-0.39, 0.29) is 24.8 Å². The summed E-state index contributed by atoms with van der Waals surface area (Å²) < 4.78 is 4.98. The molecule has 22 heavy (non-hydrogen) atoms. The molecule has 0 bridgehead atoms. The summed E-state index contributed by atoms with van der Waals surface area (Å²) in [6, 6.07) is 15.3. The molecule has 0 radical (unpaired) electrons. The molecule has 0 aromatic heterocycles. The molecule has 0 aliphatic heterocycles. The summed E-state index contributed by atoms with van der Waals surface area (Å²) >= 11 is 0. The number of phenolic OH excluding ortho intramolecular Hbond substituents is 1. The molecule has 3 N–H and O–H groups in total. The zero-order valence-corrected chi connectivity index (χ0v) is 11.8. The molecule has 114 valence electrons. The summed E-state index contributed by atoms with van der Waals surface area (Å²) in [4.78, 5) is 23.1. The first kappa shape index (κ1) is 15.4. The first-order valence-electron chi connectivity index (χ1n) is 6.67. The first-order valence-corrected chi connectivity index (χ1v) is 6.67. The Bertz CT molecular complexity index is 626. The van der Waals surface area contributed by atoms with Crippen molar-refractivity contribution in [2.45, 2.75) is 6.61 Å². The smallest absolute Gasteiger partial charge is 0.407 e. The molecule has 6 heteroatoms. The Kier molecular flexibility index (Phi) is 5.37. The van der Waals surface area contributed by atoms with E-state index in [0.29, 0.717) is 5.69 Å². The van der Waals surface area contributed by atoms with Crippen LogP contribution in [-0.2, 0) is 16.1 Å². The van der Waals surface area contributed by atoms with Crippen molar-refractivity contribution < 1.29 is 19.4 Å². The molecule has 0 aliphatic carbocycles. The van der Waals surface area contributed by atoms with E-state index in [0.717, 1.165) is 5.56 Å². The Hall–Kier alpha value is -3.02. The lowest BCUT2D eigenvalue weighted by Crippen LogP contribution is -2.33. The summed E-state index contributed by atoms with van der Waals surface area (Å²) in [7, 11) is 0. The van der Waals surface area contributed by atoms with Crippen LogP contribution in [-0.4, -0.2) is 23.7 Å². The number of rotatable bonds is 5. The Morgan fingerprint density at radius 3 is 2.36 bits per heavy atom. The monoisotopic (exact) mass is 300 g/mol. The van der Waals surface area contributed by atoms with E-state index in [4.69, 9.17) is 9.84 Å². The fourth-order valence-electron chi connectivity index (χ4n) is 1.68. The molecule has 2 aromatic rings. The van der Waals surface area contributed by atoms with E-state index in [1.54, 1.807) is 12.1 Å². The molecule has 2 amide bonds. The van der Waals surface area contributed by atoms with Gasteiger partial charge in [-0.05, 0) is 29.8 Å². The fraction of sp³-hybridized carbons (Fsp3) is 0.125. The van der Waals surface area contributed by atoms with Crippen LogP contribution in [0.4, 0.5) is 10.5 Å². The minimum atomic E-state index is -0.662. The highest BCUT2D eigenvalue weighted by molar-refractivity contribution is 5.93. The largest absolute Gasteiger partial charge is 0.508 e. The number of hydrogen-bond acceptors (Lipinski definition) is 4. The van der Waals surface area contributed by atoms with Crippen LogP contribution in [0.1, 0.15) is 5.56 Å². The number of hydrogen-bond donors (Lipinski definition) is 3. The molecule has 0 saturated carbocycles. The minimum absolute atomic E-state index is 0.112. The van der Waals surface area contributed by atoms with Gasteiger partial charge in [0.15, 0.2) is 0 Å². The number of phenols is 1. The van der Waals surface area contributed by atoms with Gasteiger partial charge in [0.05, 0.1) is 0 Å². The lowest BCUT2D eigenvalue weighted by molar-refractivity contribution is -0.115. The summed E-state index contributed by atoms with van der Waals surface area (Å²) in [6.07, 6.45) is -0.662. The van der Waals surface area contributed by atoms with Gasteiger partial charge in [0.2, 0.25) is 5.91 Å². The number of benzene rings is 2. The van der Waals surface area contributed by atoms with Gasteiger partial charge >= 0.3 is 6.09 Å². The van der Waals surface area contributed by atoms with Gasteiger partial charge in [-0.3, -0.25) is 4.79 Å². The lowest BCUT2D eigenvalue weighted by Gasteiger charge is -2.08. The Labute approximate surface area is 127 Å². The maximum atomic E-state index is 11.6. The Balaban J connectivity index is 1.69. The number of nitrogens with one attached hydrogen (secondary N) is 2. The zero-order chi connectivity index (χ0) is 15.8. The van der Waals surface area contributed by atoms with Crippen molar-refractivity contribution in [3.63, 3.8) is 0 Å². The third-order valence-corrected chi connectivity index (χ3v) is 2.76. The highest BCUT2D eigenvalue weighted by atomic mass is 16.5. The summed E-state index contributed by atoms with van der Waals surface area (Å²) in [5.41, 5.74) is 1.40. The molecule has 0 fully saturated rings. The van der Waals surface area contributed by atoms with E-state index in [1.807, 2.05) is 30.3 Å². The normalized spacial score (nSPS) is 9.82. The van der Waals surface area contributed by atoms with Crippen LogP contribution in [0, 0.1) is 0 Å². The minimum Gasteiger partial charge on any atom is -0.508 e. The van der Waals surface area contributed by atoms with Gasteiger partial charge in [-0.25, -0.2) is 4.79 Å². The first-order chi connectivity index (χ1) is 10.6. The van der Waals surface area contributed by atoms with Gasteiger partial charge in [-0.2, -0.15) is 0 Å². The number of alkyl carbamates (subject to hydrolysis) is 1. The Morgan fingerprint density at radius 2 is 1.68 bits per heavy atom. The average molecular weight is 300 g/mol. The number of aromatic hydroxyl groups is 1. The molecule has 2 aromatic carbocycles. The number of carbonyl (C=O) groups is 2. The predicted molar refractivity (Wildman–Crippen MR) is 81.4 cm³/mol. The SMILES string of the molecule is O=C(CNC(=O)OCc1ccccc1)Nc1ccc(O)cc1. The van der Waals surface area contributed by atoms with Crippen molar-refractivity contribution in [3.8, 4) is 5.75 Å². The van der Waals surface area contributed by atoms with Gasteiger partial charge in [0, 0.05) is 5.69 Å². The number of carbonyl (C=O) groups excluding carboxylic acids is 2.